The molecule has 0 saturated carbocycles. The van der Waals surface area contributed by atoms with Crippen LogP contribution >= 0.6 is 0 Å². The van der Waals surface area contributed by atoms with Crippen LogP contribution in [0.1, 0.15) is 19.4 Å². The van der Waals surface area contributed by atoms with E-state index in [0.717, 1.165) is 17.1 Å². The van der Waals surface area contributed by atoms with Crippen molar-refractivity contribution in [3.63, 3.8) is 0 Å². The Labute approximate surface area is 159 Å². The van der Waals surface area contributed by atoms with E-state index in [0.29, 0.717) is 12.5 Å². The van der Waals surface area contributed by atoms with Gasteiger partial charge in [-0.3, -0.25) is 4.98 Å². The lowest BCUT2D eigenvalue weighted by Gasteiger charge is -2.20. The molecule has 3 rings (SSSR count). The molecule has 27 heavy (non-hydrogen) atoms. The predicted molar refractivity (Wildman–Crippen MR) is 108 cm³/mol. The van der Waals surface area contributed by atoms with Gasteiger partial charge in [0.1, 0.15) is 5.82 Å². The number of aromatic nitrogens is 3. The quantitative estimate of drug-likeness (QED) is 0.567. The third-order valence-electron chi connectivity index (χ3n) is 4.33. The predicted octanol–water partition coefficient (Wildman–Crippen LogP) is 3.58. The van der Waals surface area contributed by atoms with Crippen molar-refractivity contribution in [1.29, 1.82) is 0 Å². The van der Waals surface area contributed by atoms with Gasteiger partial charge in [-0.2, -0.15) is 4.98 Å². The summed E-state index contributed by atoms with van der Waals surface area (Å²) in [4.78, 5) is 13.3. The summed E-state index contributed by atoms with van der Waals surface area (Å²) in [6.07, 6.45) is 3.48. The molecule has 0 bridgehead atoms. The number of hydrogen-bond acceptors (Lipinski definition) is 6. The van der Waals surface area contributed by atoms with Gasteiger partial charge in [-0.25, -0.2) is 4.98 Å². The van der Waals surface area contributed by atoms with Crippen molar-refractivity contribution in [2.75, 3.05) is 17.2 Å². The van der Waals surface area contributed by atoms with Gasteiger partial charge in [-0.15, -0.1) is 0 Å². The highest BCUT2D eigenvalue weighted by Gasteiger charge is 2.15. The van der Waals surface area contributed by atoms with Crippen molar-refractivity contribution >= 4 is 11.8 Å². The zero-order valence-electron chi connectivity index (χ0n) is 15.6. The van der Waals surface area contributed by atoms with Crippen LogP contribution in [0.5, 0.6) is 0 Å². The van der Waals surface area contributed by atoms with Crippen molar-refractivity contribution in [3.05, 3.63) is 66.5 Å². The van der Waals surface area contributed by atoms with Crippen LogP contribution in [0.25, 0.3) is 11.3 Å². The summed E-state index contributed by atoms with van der Waals surface area (Å²) < 4.78 is 0. The number of hydrogen-bond donors (Lipinski definition) is 3. The Kier molecular flexibility index (Phi) is 6.33. The molecule has 0 aliphatic carbocycles. The standard InChI is InChI=1S/C21H25N5O/c1-15(2)19(14-27)25-21-24-18(17-8-10-22-11-9-17)12-20(26-21)23-13-16-6-4-3-5-7-16/h3-12,15,19,27H,13-14H2,1-2H3,(H2,23,24,25,26)/t19-/m1/s1. The summed E-state index contributed by atoms with van der Waals surface area (Å²) >= 11 is 0. The van der Waals surface area contributed by atoms with Crippen LogP contribution in [0.3, 0.4) is 0 Å². The van der Waals surface area contributed by atoms with Crippen LogP contribution in [-0.4, -0.2) is 32.7 Å². The molecule has 3 aromatic rings. The van der Waals surface area contributed by atoms with Crippen LogP contribution in [0.2, 0.25) is 0 Å². The molecule has 0 amide bonds. The first-order valence-corrected chi connectivity index (χ1v) is 9.10. The highest BCUT2D eigenvalue weighted by atomic mass is 16.3. The molecule has 0 aliphatic rings. The number of aliphatic hydroxyl groups excluding tert-OH is 1. The lowest BCUT2D eigenvalue weighted by molar-refractivity contribution is 0.248. The summed E-state index contributed by atoms with van der Waals surface area (Å²) in [5.41, 5.74) is 2.93. The van der Waals surface area contributed by atoms with Crippen molar-refractivity contribution in [2.24, 2.45) is 5.92 Å². The Balaban J connectivity index is 1.88. The minimum Gasteiger partial charge on any atom is -0.394 e. The molecule has 6 nitrogen and oxygen atoms in total. The molecule has 3 N–H and O–H groups in total. The number of nitrogens with zero attached hydrogens (tertiary/aromatic N) is 3. The van der Waals surface area contributed by atoms with Gasteiger partial charge in [0, 0.05) is 30.6 Å². The van der Waals surface area contributed by atoms with Gasteiger partial charge in [0.25, 0.3) is 0 Å². The Morgan fingerprint density at radius 2 is 1.74 bits per heavy atom. The second-order valence-corrected chi connectivity index (χ2v) is 6.71. The average molecular weight is 363 g/mol. The molecule has 6 heteroatoms. The average Bonchev–Trinajstić information content (AvgIpc) is 2.71. The maximum atomic E-state index is 9.62. The number of anilines is 2. The molecular weight excluding hydrogens is 338 g/mol. The first-order chi connectivity index (χ1) is 13.2. The van der Waals surface area contributed by atoms with Crippen molar-refractivity contribution in [2.45, 2.75) is 26.4 Å². The van der Waals surface area contributed by atoms with E-state index in [9.17, 15) is 5.11 Å². The van der Waals surface area contributed by atoms with Crippen LogP contribution in [0.4, 0.5) is 11.8 Å². The lowest BCUT2D eigenvalue weighted by Crippen LogP contribution is -2.30. The fraction of sp³-hybridized carbons (Fsp3) is 0.286. The molecule has 2 heterocycles. The van der Waals surface area contributed by atoms with Gasteiger partial charge in [-0.1, -0.05) is 44.2 Å². The monoisotopic (exact) mass is 363 g/mol. The highest BCUT2D eigenvalue weighted by Crippen LogP contribution is 2.22. The van der Waals surface area contributed by atoms with Gasteiger partial charge < -0.3 is 15.7 Å². The highest BCUT2D eigenvalue weighted by molar-refractivity contribution is 5.64. The molecule has 140 valence electrons. The Hall–Kier alpha value is -2.99. The number of aliphatic hydroxyl groups is 1. The number of pyridine rings is 1. The molecule has 0 saturated heterocycles. The second-order valence-electron chi connectivity index (χ2n) is 6.71. The minimum absolute atomic E-state index is 0.0211. The first kappa shape index (κ1) is 18.8. The molecule has 0 unspecified atom stereocenters. The van der Waals surface area contributed by atoms with E-state index in [1.165, 1.54) is 5.56 Å². The van der Waals surface area contributed by atoms with E-state index in [1.54, 1.807) is 12.4 Å². The Morgan fingerprint density at radius 1 is 1.00 bits per heavy atom. The summed E-state index contributed by atoms with van der Waals surface area (Å²) in [5, 5.41) is 16.2. The third-order valence-corrected chi connectivity index (χ3v) is 4.33. The normalized spacial score (nSPS) is 12.0. The SMILES string of the molecule is CC(C)[C@@H](CO)Nc1nc(NCc2ccccc2)cc(-c2ccncc2)n1. The molecule has 1 atom stereocenters. The van der Waals surface area contributed by atoms with E-state index in [-0.39, 0.29) is 18.6 Å². The second kappa shape index (κ2) is 9.09. The topological polar surface area (TPSA) is 83.0 Å². The van der Waals surface area contributed by atoms with Crippen molar-refractivity contribution in [1.82, 2.24) is 15.0 Å². The Morgan fingerprint density at radius 3 is 2.41 bits per heavy atom. The van der Waals surface area contributed by atoms with Crippen LogP contribution in [0, 0.1) is 5.92 Å². The smallest absolute Gasteiger partial charge is 0.225 e. The van der Waals surface area contributed by atoms with Crippen LogP contribution in [-0.2, 0) is 6.54 Å². The zero-order valence-corrected chi connectivity index (χ0v) is 15.6. The largest absolute Gasteiger partial charge is 0.394 e. The number of rotatable bonds is 8. The summed E-state index contributed by atoms with van der Waals surface area (Å²) in [5.74, 6) is 1.47. The maximum absolute atomic E-state index is 9.62. The van der Waals surface area contributed by atoms with Gasteiger partial charge in [-0.05, 0) is 23.6 Å². The molecule has 1 aromatic carbocycles. The molecule has 0 fully saturated rings. The van der Waals surface area contributed by atoms with Gasteiger partial charge in [0.05, 0.1) is 18.3 Å². The third kappa shape index (κ3) is 5.24. The maximum Gasteiger partial charge on any atom is 0.225 e. The van der Waals surface area contributed by atoms with E-state index >= 15 is 0 Å². The van der Waals surface area contributed by atoms with E-state index in [2.05, 4.69) is 51.6 Å². The Bertz CT molecular complexity index is 840. The van der Waals surface area contributed by atoms with Gasteiger partial charge in [0.15, 0.2) is 0 Å². The van der Waals surface area contributed by atoms with E-state index in [4.69, 9.17) is 0 Å². The first-order valence-electron chi connectivity index (χ1n) is 9.10. The van der Waals surface area contributed by atoms with Gasteiger partial charge in [0.2, 0.25) is 5.95 Å². The number of benzene rings is 1. The lowest BCUT2D eigenvalue weighted by atomic mass is 10.1. The fourth-order valence-corrected chi connectivity index (χ4v) is 2.65. The molecule has 0 spiro atoms. The summed E-state index contributed by atoms with van der Waals surface area (Å²) in [6, 6.07) is 15.8. The fourth-order valence-electron chi connectivity index (χ4n) is 2.65. The van der Waals surface area contributed by atoms with Gasteiger partial charge >= 0.3 is 0 Å². The van der Waals surface area contributed by atoms with Crippen LogP contribution < -0.4 is 10.6 Å². The minimum atomic E-state index is -0.111. The summed E-state index contributed by atoms with van der Waals surface area (Å²) in [7, 11) is 0. The van der Waals surface area contributed by atoms with E-state index in [1.807, 2.05) is 36.4 Å². The zero-order chi connectivity index (χ0) is 19.1. The molecule has 2 aromatic heterocycles. The van der Waals surface area contributed by atoms with Crippen LogP contribution in [0.15, 0.2) is 60.9 Å². The summed E-state index contributed by atoms with van der Waals surface area (Å²) in [6.45, 7) is 4.79. The molecule has 0 aliphatic heterocycles. The molecular formula is C21H25N5O. The molecule has 0 radical (unpaired) electrons. The van der Waals surface area contributed by atoms with Crippen molar-refractivity contribution < 1.29 is 5.11 Å². The number of nitrogens with one attached hydrogen (secondary N) is 2. The van der Waals surface area contributed by atoms with Crippen molar-refractivity contribution in [3.8, 4) is 11.3 Å². The van der Waals surface area contributed by atoms with E-state index < -0.39 is 0 Å².